The number of hydrogen-bond acceptors (Lipinski definition) is 5. The van der Waals surface area contributed by atoms with Crippen molar-refractivity contribution in [1.82, 2.24) is 25.2 Å². The Morgan fingerprint density at radius 3 is 2.35 bits per heavy atom. The number of nitro groups is 1. The SMILES string of the molecule is Cn1cc(C(=O)NNC(=O)Cc2cn(-c3ccccc3)nc2-c2ccc([N+](=O)[O-])cc2)c2ccccc21. The van der Waals surface area contributed by atoms with Gasteiger partial charge in [0, 0.05) is 53.6 Å². The molecule has 5 aromatic rings. The first-order valence-electron chi connectivity index (χ1n) is 11.4. The van der Waals surface area contributed by atoms with E-state index in [1.54, 1.807) is 29.2 Å². The van der Waals surface area contributed by atoms with Gasteiger partial charge < -0.3 is 4.57 Å². The van der Waals surface area contributed by atoms with Gasteiger partial charge >= 0.3 is 0 Å². The van der Waals surface area contributed by atoms with Crippen molar-refractivity contribution in [3.8, 4) is 16.9 Å². The minimum atomic E-state index is -0.473. The van der Waals surface area contributed by atoms with Gasteiger partial charge in [-0.15, -0.1) is 0 Å². The van der Waals surface area contributed by atoms with Gasteiger partial charge in [-0.2, -0.15) is 5.10 Å². The first kappa shape index (κ1) is 23.5. The molecule has 3 aromatic carbocycles. The molecule has 2 heterocycles. The van der Waals surface area contributed by atoms with Crippen LogP contribution >= 0.6 is 0 Å². The number of amides is 2. The van der Waals surface area contributed by atoms with Crippen molar-refractivity contribution >= 4 is 28.4 Å². The lowest BCUT2D eigenvalue weighted by atomic mass is 10.1. The Bertz CT molecular complexity index is 1620. The van der Waals surface area contributed by atoms with Gasteiger partial charge in [-0.25, -0.2) is 4.68 Å². The van der Waals surface area contributed by atoms with E-state index in [4.69, 9.17) is 0 Å². The number of non-ortho nitro benzene ring substituents is 1. The molecule has 0 saturated carbocycles. The fraction of sp³-hybridized carbons (Fsp3) is 0.0741. The molecular formula is C27H22N6O4. The maximum atomic E-state index is 12.8. The monoisotopic (exact) mass is 494 g/mol. The summed E-state index contributed by atoms with van der Waals surface area (Å²) in [6.07, 6.45) is 3.37. The Morgan fingerprint density at radius 1 is 0.919 bits per heavy atom. The second-order valence-electron chi connectivity index (χ2n) is 8.44. The maximum absolute atomic E-state index is 12.8. The number of carbonyl (C=O) groups is 2. The van der Waals surface area contributed by atoms with Crippen LogP contribution in [-0.2, 0) is 18.3 Å². The fourth-order valence-corrected chi connectivity index (χ4v) is 4.17. The van der Waals surface area contributed by atoms with Crippen molar-refractivity contribution in [3.05, 3.63) is 112 Å². The molecule has 0 aliphatic carbocycles. The summed E-state index contributed by atoms with van der Waals surface area (Å²) in [4.78, 5) is 36.2. The number of carbonyl (C=O) groups excluding carboxylic acids is 2. The van der Waals surface area contributed by atoms with Crippen LogP contribution in [0, 0.1) is 10.1 Å². The van der Waals surface area contributed by atoms with Crippen LogP contribution in [0.3, 0.4) is 0 Å². The van der Waals surface area contributed by atoms with Crippen LogP contribution < -0.4 is 10.9 Å². The molecule has 0 bridgehead atoms. The number of aryl methyl sites for hydroxylation is 1. The number of para-hydroxylation sites is 2. The number of nitrogens with zero attached hydrogens (tertiary/aromatic N) is 4. The molecule has 0 atom stereocenters. The molecule has 184 valence electrons. The molecule has 5 rings (SSSR count). The van der Waals surface area contributed by atoms with Gasteiger partial charge in [0.2, 0.25) is 5.91 Å². The van der Waals surface area contributed by atoms with Crippen molar-refractivity contribution in [2.24, 2.45) is 7.05 Å². The number of aromatic nitrogens is 3. The fourth-order valence-electron chi connectivity index (χ4n) is 4.17. The van der Waals surface area contributed by atoms with Gasteiger partial charge in [0.25, 0.3) is 11.6 Å². The quantitative estimate of drug-likeness (QED) is 0.273. The summed E-state index contributed by atoms with van der Waals surface area (Å²) in [7, 11) is 1.85. The van der Waals surface area contributed by atoms with Crippen LogP contribution in [-0.4, -0.2) is 31.1 Å². The third-order valence-electron chi connectivity index (χ3n) is 5.97. The zero-order valence-corrected chi connectivity index (χ0v) is 19.8. The Balaban J connectivity index is 1.37. The summed E-state index contributed by atoms with van der Waals surface area (Å²) >= 11 is 0. The second kappa shape index (κ2) is 9.78. The van der Waals surface area contributed by atoms with Gasteiger partial charge in [0.15, 0.2) is 0 Å². The third kappa shape index (κ3) is 4.80. The van der Waals surface area contributed by atoms with E-state index >= 15 is 0 Å². The van der Waals surface area contributed by atoms with Gasteiger partial charge in [-0.1, -0.05) is 36.4 Å². The Hall–Kier alpha value is -5.25. The highest BCUT2D eigenvalue weighted by Gasteiger charge is 2.18. The minimum absolute atomic E-state index is 0.0401. The van der Waals surface area contributed by atoms with Crippen LogP contribution in [0.5, 0.6) is 0 Å². The van der Waals surface area contributed by atoms with Gasteiger partial charge in [0.1, 0.15) is 0 Å². The average Bonchev–Trinajstić information content (AvgIpc) is 3.49. The Kier molecular flexibility index (Phi) is 6.21. The zero-order valence-electron chi connectivity index (χ0n) is 19.8. The molecule has 2 amide bonds. The van der Waals surface area contributed by atoms with E-state index in [2.05, 4.69) is 16.0 Å². The zero-order chi connectivity index (χ0) is 25.9. The molecule has 2 N–H and O–H groups in total. The smallest absolute Gasteiger partial charge is 0.271 e. The van der Waals surface area contributed by atoms with Crippen LogP contribution in [0.25, 0.3) is 27.8 Å². The molecule has 0 radical (unpaired) electrons. The highest BCUT2D eigenvalue weighted by Crippen LogP contribution is 2.26. The molecule has 0 saturated heterocycles. The molecule has 0 unspecified atom stereocenters. The maximum Gasteiger partial charge on any atom is 0.271 e. The summed E-state index contributed by atoms with van der Waals surface area (Å²) in [5, 5.41) is 16.5. The molecule has 10 nitrogen and oxygen atoms in total. The van der Waals surface area contributed by atoms with Crippen molar-refractivity contribution in [2.75, 3.05) is 0 Å². The van der Waals surface area contributed by atoms with E-state index in [0.717, 1.165) is 16.6 Å². The summed E-state index contributed by atoms with van der Waals surface area (Å²) in [5.74, 6) is -0.870. The number of nitrogens with one attached hydrogen (secondary N) is 2. The number of nitro benzene ring substituents is 1. The Morgan fingerprint density at radius 2 is 1.62 bits per heavy atom. The largest absolute Gasteiger partial charge is 0.350 e. The Labute approximate surface area is 211 Å². The number of benzene rings is 3. The minimum Gasteiger partial charge on any atom is -0.350 e. The molecule has 10 heteroatoms. The average molecular weight is 495 g/mol. The lowest BCUT2D eigenvalue weighted by molar-refractivity contribution is -0.384. The van der Waals surface area contributed by atoms with Crippen molar-refractivity contribution < 1.29 is 14.5 Å². The van der Waals surface area contributed by atoms with Gasteiger partial charge in [0.05, 0.1) is 28.3 Å². The summed E-state index contributed by atoms with van der Waals surface area (Å²) in [6.45, 7) is 0. The van der Waals surface area contributed by atoms with E-state index in [1.165, 1.54) is 12.1 Å². The van der Waals surface area contributed by atoms with Crippen LogP contribution in [0.15, 0.2) is 91.3 Å². The van der Waals surface area contributed by atoms with Gasteiger partial charge in [-0.05, 0) is 30.3 Å². The standard InChI is InChI=1S/C27H22N6O4/c1-31-17-23(22-9-5-6-10-24(22)31)27(35)29-28-25(34)15-19-16-32(20-7-3-2-4-8-20)30-26(19)18-11-13-21(14-12-18)33(36)37/h2-14,16-17H,15H2,1H3,(H,28,34)(H,29,35). The summed E-state index contributed by atoms with van der Waals surface area (Å²) < 4.78 is 3.49. The van der Waals surface area contributed by atoms with Crippen molar-refractivity contribution in [2.45, 2.75) is 6.42 Å². The molecular weight excluding hydrogens is 472 g/mol. The molecule has 2 aromatic heterocycles. The molecule has 0 fully saturated rings. The highest BCUT2D eigenvalue weighted by atomic mass is 16.6. The lowest BCUT2D eigenvalue weighted by Gasteiger charge is -2.07. The topological polar surface area (TPSA) is 124 Å². The van der Waals surface area contributed by atoms with E-state index in [1.807, 2.05) is 66.2 Å². The molecule has 0 spiro atoms. The van der Waals surface area contributed by atoms with Crippen LogP contribution in [0.2, 0.25) is 0 Å². The van der Waals surface area contributed by atoms with E-state index < -0.39 is 16.7 Å². The first-order valence-corrected chi connectivity index (χ1v) is 11.4. The van der Waals surface area contributed by atoms with E-state index in [9.17, 15) is 19.7 Å². The number of hydrogen-bond donors (Lipinski definition) is 2. The number of hydrazine groups is 1. The van der Waals surface area contributed by atoms with Crippen LogP contribution in [0.1, 0.15) is 15.9 Å². The number of fused-ring (bicyclic) bond motifs is 1. The molecule has 0 aliphatic heterocycles. The molecule has 0 aliphatic rings. The lowest BCUT2D eigenvalue weighted by Crippen LogP contribution is -2.42. The summed E-state index contributed by atoms with van der Waals surface area (Å²) in [5.41, 5.74) is 8.80. The predicted octanol–water partition coefficient (Wildman–Crippen LogP) is 3.94. The normalized spacial score (nSPS) is 10.8. The van der Waals surface area contributed by atoms with Crippen molar-refractivity contribution in [1.29, 1.82) is 0 Å². The first-order chi connectivity index (χ1) is 17.9. The summed E-state index contributed by atoms with van der Waals surface area (Å²) in [6, 6.07) is 22.9. The van der Waals surface area contributed by atoms with Crippen LogP contribution in [0.4, 0.5) is 5.69 Å². The van der Waals surface area contributed by atoms with E-state index in [-0.39, 0.29) is 12.1 Å². The van der Waals surface area contributed by atoms with Crippen molar-refractivity contribution in [3.63, 3.8) is 0 Å². The predicted molar refractivity (Wildman–Crippen MR) is 138 cm³/mol. The molecule has 37 heavy (non-hydrogen) atoms. The van der Waals surface area contributed by atoms with E-state index in [0.29, 0.717) is 22.4 Å². The third-order valence-corrected chi connectivity index (χ3v) is 5.97. The number of rotatable bonds is 6. The van der Waals surface area contributed by atoms with Gasteiger partial charge in [-0.3, -0.25) is 30.6 Å². The second-order valence-corrected chi connectivity index (χ2v) is 8.44. The highest BCUT2D eigenvalue weighted by molar-refractivity contribution is 6.07.